The van der Waals surface area contributed by atoms with Crippen molar-refractivity contribution in [3.63, 3.8) is 0 Å². The topological polar surface area (TPSA) is 90.1 Å². The molecule has 0 saturated heterocycles. The average Bonchev–Trinajstić information content (AvgIpc) is 2.53. The lowest BCUT2D eigenvalue weighted by Crippen LogP contribution is -2.37. The van der Waals surface area contributed by atoms with Crippen LogP contribution in [0.15, 0.2) is 36.5 Å². The first-order valence-electron chi connectivity index (χ1n) is 6.48. The third-order valence-corrected chi connectivity index (χ3v) is 3.61. The van der Waals surface area contributed by atoms with E-state index < -0.39 is 11.9 Å². The van der Waals surface area contributed by atoms with E-state index in [1.54, 1.807) is 11.0 Å². The summed E-state index contributed by atoms with van der Waals surface area (Å²) in [4.78, 5) is 13.3. The lowest BCUT2D eigenvalue weighted by Gasteiger charge is -2.33. The molecule has 104 valence electrons. The second-order valence-corrected chi connectivity index (χ2v) is 4.85. The number of hydrogen-bond acceptors (Lipinski definition) is 5. The lowest BCUT2D eigenvalue weighted by molar-refractivity contribution is -0.138. The van der Waals surface area contributed by atoms with Crippen molar-refractivity contribution in [2.45, 2.75) is 12.5 Å². The molecule has 0 saturated carbocycles. The minimum absolute atomic E-state index is 0.278. The molecule has 0 fully saturated rings. The van der Waals surface area contributed by atoms with Gasteiger partial charge in [-0.15, -0.1) is 5.10 Å². The van der Waals surface area contributed by atoms with E-state index in [2.05, 4.69) is 16.3 Å². The Balaban J connectivity index is 2.05. The van der Waals surface area contributed by atoms with Gasteiger partial charge in [0.25, 0.3) is 0 Å². The molecule has 2 heterocycles. The van der Waals surface area contributed by atoms with Crippen LogP contribution in [0, 0.1) is 11.3 Å². The van der Waals surface area contributed by atoms with Crippen molar-refractivity contribution in [2.75, 3.05) is 11.4 Å². The molecule has 0 spiro atoms. The molecule has 3 rings (SSSR count). The number of fused-ring (bicyclic) bond motifs is 1. The molecule has 1 unspecified atom stereocenters. The SMILES string of the molecule is N#Cc1ccnnc1N1Cc2ccccc2C(C(=O)O)C1. The number of nitrogens with zero attached hydrogens (tertiary/aromatic N) is 4. The second-order valence-electron chi connectivity index (χ2n) is 4.85. The van der Waals surface area contributed by atoms with E-state index >= 15 is 0 Å². The van der Waals surface area contributed by atoms with E-state index in [0.717, 1.165) is 11.1 Å². The van der Waals surface area contributed by atoms with E-state index in [4.69, 9.17) is 5.26 Å². The van der Waals surface area contributed by atoms with Crippen molar-refractivity contribution in [3.8, 4) is 6.07 Å². The van der Waals surface area contributed by atoms with Crippen LogP contribution in [-0.4, -0.2) is 27.8 Å². The molecule has 1 N–H and O–H groups in total. The fraction of sp³-hybridized carbons (Fsp3) is 0.200. The number of nitriles is 1. The van der Waals surface area contributed by atoms with Crippen LogP contribution in [-0.2, 0) is 11.3 Å². The molecule has 6 heteroatoms. The minimum atomic E-state index is -0.880. The highest BCUT2D eigenvalue weighted by Gasteiger charge is 2.31. The Morgan fingerprint density at radius 3 is 2.95 bits per heavy atom. The molecule has 6 nitrogen and oxygen atoms in total. The van der Waals surface area contributed by atoms with Crippen LogP contribution in [0.1, 0.15) is 22.6 Å². The fourth-order valence-electron chi connectivity index (χ4n) is 2.62. The van der Waals surface area contributed by atoms with Gasteiger partial charge in [-0.25, -0.2) is 0 Å². The summed E-state index contributed by atoms with van der Waals surface area (Å²) in [7, 11) is 0. The summed E-state index contributed by atoms with van der Waals surface area (Å²) < 4.78 is 0. The van der Waals surface area contributed by atoms with Gasteiger partial charge in [0.05, 0.1) is 17.7 Å². The third-order valence-electron chi connectivity index (χ3n) is 3.61. The lowest BCUT2D eigenvalue weighted by atomic mass is 9.89. The van der Waals surface area contributed by atoms with E-state index in [-0.39, 0.29) is 6.54 Å². The molecule has 1 atom stereocenters. The van der Waals surface area contributed by atoms with E-state index in [1.165, 1.54) is 6.20 Å². The zero-order chi connectivity index (χ0) is 14.8. The van der Waals surface area contributed by atoms with Crippen molar-refractivity contribution in [2.24, 2.45) is 0 Å². The number of hydrogen-bond donors (Lipinski definition) is 1. The van der Waals surface area contributed by atoms with Crippen LogP contribution in [0.25, 0.3) is 0 Å². The van der Waals surface area contributed by atoms with Gasteiger partial charge >= 0.3 is 5.97 Å². The Morgan fingerprint density at radius 2 is 2.19 bits per heavy atom. The maximum absolute atomic E-state index is 11.5. The van der Waals surface area contributed by atoms with E-state index in [9.17, 15) is 9.90 Å². The molecule has 0 amide bonds. The molecule has 2 aromatic rings. The fourth-order valence-corrected chi connectivity index (χ4v) is 2.62. The Morgan fingerprint density at radius 1 is 1.38 bits per heavy atom. The largest absolute Gasteiger partial charge is 0.481 e. The molecule has 0 bridgehead atoms. The first-order valence-corrected chi connectivity index (χ1v) is 6.48. The zero-order valence-corrected chi connectivity index (χ0v) is 11.1. The van der Waals surface area contributed by atoms with Crippen LogP contribution in [0.2, 0.25) is 0 Å². The molecular formula is C15H12N4O2. The summed E-state index contributed by atoms with van der Waals surface area (Å²) >= 11 is 0. The van der Waals surface area contributed by atoms with Crippen molar-refractivity contribution >= 4 is 11.8 Å². The van der Waals surface area contributed by atoms with Crippen LogP contribution in [0.5, 0.6) is 0 Å². The van der Waals surface area contributed by atoms with Crippen LogP contribution >= 0.6 is 0 Å². The first kappa shape index (κ1) is 13.1. The summed E-state index contributed by atoms with van der Waals surface area (Å²) in [6.45, 7) is 0.799. The first-order chi connectivity index (χ1) is 10.2. The summed E-state index contributed by atoms with van der Waals surface area (Å²) in [6.07, 6.45) is 1.45. The Kier molecular flexibility index (Phi) is 3.24. The highest BCUT2D eigenvalue weighted by molar-refractivity contribution is 5.78. The number of carboxylic acids is 1. The molecule has 1 aliphatic heterocycles. The minimum Gasteiger partial charge on any atom is -0.481 e. The Labute approximate surface area is 121 Å². The zero-order valence-electron chi connectivity index (χ0n) is 11.1. The van der Waals surface area contributed by atoms with Gasteiger partial charge in [0, 0.05) is 13.1 Å². The smallest absolute Gasteiger partial charge is 0.312 e. The van der Waals surface area contributed by atoms with Crippen LogP contribution < -0.4 is 4.90 Å². The van der Waals surface area contributed by atoms with Gasteiger partial charge in [-0.3, -0.25) is 4.79 Å². The number of carbonyl (C=O) groups is 1. The summed E-state index contributed by atoms with van der Waals surface area (Å²) in [5, 5.41) is 26.4. The average molecular weight is 280 g/mol. The van der Waals surface area contributed by atoms with E-state index in [0.29, 0.717) is 17.9 Å². The monoisotopic (exact) mass is 280 g/mol. The van der Waals surface area contributed by atoms with E-state index in [1.807, 2.05) is 24.3 Å². The highest BCUT2D eigenvalue weighted by Crippen LogP contribution is 2.31. The van der Waals surface area contributed by atoms with Crippen LogP contribution in [0.4, 0.5) is 5.82 Å². The number of anilines is 1. The third kappa shape index (κ3) is 2.30. The number of rotatable bonds is 2. The molecule has 1 aliphatic rings. The van der Waals surface area contributed by atoms with Gasteiger partial charge in [0.1, 0.15) is 6.07 Å². The molecule has 1 aromatic heterocycles. The van der Waals surface area contributed by atoms with Crippen molar-refractivity contribution in [1.29, 1.82) is 5.26 Å². The molecule has 21 heavy (non-hydrogen) atoms. The second kappa shape index (κ2) is 5.21. The van der Waals surface area contributed by atoms with Crippen molar-refractivity contribution < 1.29 is 9.90 Å². The van der Waals surface area contributed by atoms with Crippen LogP contribution in [0.3, 0.4) is 0 Å². The maximum Gasteiger partial charge on any atom is 0.312 e. The van der Waals surface area contributed by atoms with Gasteiger partial charge in [0.2, 0.25) is 0 Å². The summed E-state index contributed by atoms with van der Waals surface area (Å²) in [5.74, 6) is -1.08. The number of benzene rings is 1. The number of aliphatic carboxylic acids is 1. The standard InChI is InChI=1S/C15H12N4O2/c16-7-10-5-6-17-18-14(10)19-8-11-3-1-2-4-12(11)13(9-19)15(20)21/h1-6,13H,8-9H2,(H,20,21). The number of aromatic nitrogens is 2. The van der Waals surface area contributed by atoms with Gasteiger partial charge in [-0.1, -0.05) is 24.3 Å². The molecular weight excluding hydrogens is 268 g/mol. The highest BCUT2D eigenvalue weighted by atomic mass is 16.4. The quantitative estimate of drug-likeness (QED) is 0.897. The summed E-state index contributed by atoms with van der Waals surface area (Å²) in [6, 6.07) is 11.1. The maximum atomic E-state index is 11.5. The predicted molar refractivity (Wildman–Crippen MR) is 74.6 cm³/mol. The molecule has 1 aromatic carbocycles. The summed E-state index contributed by atoms with van der Waals surface area (Å²) in [5.41, 5.74) is 2.16. The molecule has 0 radical (unpaired) electrons. The molecule has 0 aliphatic carbocycles. The predicted octanol–water partition coefficient (Wildman–Crippen LogP) is 1.54. The Hall–Kier alpha value is -2.94. The van der Waals surface area contributed by atoms with Gasteiger partial charge < -0.3 is 10.0 Å². The van der Waals surface area contributed by atoms with Crippen molar-refractivity contribution in [3.05, 3.63) is 53.2 Å². The van der Waals surface area contributed by atoms with Gasteiger partial charge in [-0.05, 0) is 17.2 Å². The van der Waals surface area contributed by atoms with Gasteiger partial charge in [-0.2, -0.15) is 10.4 Å². The normalized spacial score (nSPS) is 16.9. The van der Waals surface area contributed by atoms with Crippen molar-refractivity contribution in [1.82, 2.24) is 10.2 Å². The number of carboxylic acid groups (broad SMARTS) is 1. The Bertz CT molecular complexity index is 738. The van der Waals surface area contributed by atoms with Gasteiger partial charge in [0.15, 0.2) is 5.82 Å².